The Labute approximate surface area is 187 Å². The van der Waals surface area contributed by atoms with Crippen LogP contribution < -0.4 is 15.4 Å². The Morgan fingerprint density at radius 3 is 2.75 bits per heavy atom. The van der Waals surface area contributed by atoms with Gasteiger partial charge in [-0.25, -0.2) is 4.79 Å². The average Bonchev–Trinajstić information content (AvgIpc) is 3.26. The lowest BCUT2D eigenvalue weighted by Gasteiger charge is -2.35. The summed E-state index contributed by atoms with van der Waals surface area (Å²) in [6, 6.07) is 17.0. The number of amides is 2. The van der Waals surface area contributed by atoms with E-state index in [0.717, 1.165) is 5.56 Å². The second kappa shape index (κ2) is 7.08. The van der Waals surface area contributed by atoms with E-state index < -0.39 is 11.8 Å². The number of hydrogen-bond acceptors (Lipinski definition) is 5. The van der Waals surface area contributed by atoms with Crippen molar-refractivity contribution in [1.82, 2.24) is 9.97 Å². The third-order valence-electron chi connectivity index (χ3n) is 5.53. The standard InChI is InChI=1S/C23H17ClN4O4/c1-12-6-8-14(24)11-19(12)28-20(29)15-4-2-3-5-16(15)23(28,31)13-7-9-17-18(10-13)27-22(26-17)32-21(25)30/h2-11,31H,1H3,(H2,25,30)(H,26,27). The predicted molar refractivity (Wildman–Crippen MR) is 119 cm³/mol. The molecule has 0 spiro atoms. The molecule has 4 aromatic rings. The van der Waals surface area contributed by atoms with Gasteiger partial charge in [-0.3, -0.25) is 9.69 Å². The predicted octanol–water partition coefficient (Wildman–Crippen LogP) is 3.84. The second-order valence-electron chi connectivity index (χ2n) is 7.48. The summed E-state index contributed by atoms with van der Waals surface area (Å²) in [6.07, 6.45) is -0.999. The Morgan fingerprint density at radius 1 is 1.19 bits per heavy atom. The number of anilines is 1. The molecule has 2 amide bonds. The third kappa shape index (κ3) is 2.92. The lowest BCUT2D eigenvalue weighted by Crippen LogP contribution is -2.45. The van der Waals surface area contributed by atoms with Crippen molar-refractivity contribution in [1.29, 1.82) is 0 Å². The number of benzene rings is 3. The summed E-state index contributed by atoms with van der Waals surface area (Å²) < 4.78 is 4.81. The summed E-state index contributed by atoms with van der Waals surface area (Å²) >= 11 is 6.23. The van der Waals surface area contributed by atoms with Gasteiger partial charge in [-0.05, 0) is 42.8 Å². The van der Waals surface area contributed by atoms with E-state index in [4.69, 9.17) is 22.1 Å². The number of rotatable bonds is 3. The van der Waals surface area contributed by atoms with E-state index in [2.05, 4.69) is 9.97 Å². The van der Waals surface area contributed by atoms with Crippen LogP contribution in [0.3, 0.4) is 0 Å². The Kier molecular flexibility index (Phi) is 4.44. The zero-order chi connectivity index (χ0) is 22.6. The number of ether oxygens (including phenoxy) is 1. The molecular weight excluding hydrogens is 432 g/mol. The van der Waals surface area contributed by atoms with Crippen molar-refractivity contribution in [2.24, 2.45) is 5.73 Å². The Balaban J connectivity index is 1.74. The van der Waals surface area contributed by atoms with Gasteiger partial charge in [-0.2, -0.15) is 4.98 Å². The molecule has 1 aromatic heterocycles. The smallest absolute Gasteiger partial charge is 0.376 e. The van der Waals surface area contributed by atoms with Crippen LogP contribution in [0.2, 0.25) is 5.02 Å². The highest BCUT2D eigenvalue weighted by Gasteiger charge is 2.51. The summed E-state index contributed by atoms with van der Waals surface area (Å²) in [6.45, 7) is 1.84. The minimum Gasteiger partial charge on any atom is -0.376 e. The number of halogens is 1. The molecule has 1 atom stereocenters. The van der Waals surface area contributed by atoms with E-state index in [1.165, 1.54) is 4.90 Å². The summed E-state index contributed by atoms with van der Waals surface area (Å²) in [4.78, 5) is 32.9. The van der Waals surface area contributed by atoms with Gasteiger partial charge in [0.25, 0.3) is 5.91 Å². The minimum atomic E-state index is -1.81. The number of nitrogens with zero attached hydrogens (tertiary/aromatic N) is 2. The number of carbonyl (C=O) groups excluding carboxylic acids is 2. The first-order chi connectivity index (χ1) is 15.3. The number of imidazole rings is 1. The van der Waals surface area contributed by atoms with Gasteiger partial charge in [-0.15, -0.1) is 0 Å². The number of aryl methyl sites for hydroxylation is 1. The maximum Gasteiger partial charge on any atom is 0.412 e. The maximum absolute atomic E-state index is 13.5. The minimum absolute atomic E-state index is 0.0675. The van der Waals surface area contributed by atoms with E-state index in [1.54, 1.807) is 60.7 Å². The third-order valence-corrected chi connectivity index (χ3v) is 5.77. The highest BCUT2D eigenvalue weighted by atomic mass is 35.5. The molecule has 0 aliphatic carbocycles. The van der Waals surface area contributed by atoms with Crippen molar-refractivity contribution in [2.45, 2.75) is 12.6 Å². The zero-order valence-corrected chi connectivity index (χ0v) is 17.6. The number of primary amides is 1. The fourth-order valence-corrected chi connectivity index (χ4v) is 4.27. The first-order valence-electron chi connectivity index (χ1n) is 9.69. The van der Waals surface area contributed by atoms with Crippen LogP contribution >= 0.6 is 11.6 Å². The Bertz CT molecular complexity index is 1420. The Morgan fingerprint density at radius 2 is 1.97 bits per heavy atom. The van der Waals surface area contributed by atoms with Crippen LogP contribution in [0.4, 0.5) is 10.5 Å². The molecule has 0 bridgehead atoms. The zero-order valence-electron chi connectivity index (χ0n) is 16.8. The maximum atomic E-state index is 13.5. The molecular formula is C23H17ClN4O4. The lowest BCUT2D eigenvalue weighted by molar-refractivity contribution is 0.0703. The van der Waals surface area contributed by atoms with Gasteiger partial charge in [0.05, 0.1) is 16.7 Å². The van der Waals surface area contributed by atoms with Crippen LogP contribution in [0, 0.1) is 6.92 Å². The lowest BCUT2D eigenvalue weighted by atomic mass is 9.93. The number of aromatic amines is 1. The van der Waals surface area contributed by atoms with Crippen LogP contribution in [0.25, 0.3) is 11.0 Å². The molecule has 32 heavy (non-hydrogen) atoms. The van der Waals surface area contributed by atoms with Gasteiger partial charge in [0, 0.05) is 21.7 Å². The number of nitrogens with one attached hydrogen (secondary N) is 1. The number of fused-ring (bicyclic) bond motifs is 2. The topological polar surface area (TPSA) is 122 Å². The summed E-state index contributed by atoms with van der Waals surface area (Å²) in [7, 11) is 0. The number of nitrogens with two attached hydrogens (primary N) is 1. The molecule has 3 aromatic carbocycles. The molecule has 0 saturated carbocycles. The van der Waals surface area contributed by atoms with Gasteiger partial charge in [0.1, 0.15) is 0 Å². The van der Waals surface area contributed by atoms with E-state index in [0.29, 0.717) is 38.4 Å². The van der Waals surface area contributed by atoms with Crippen molar-refractivity contribution >= 4 is 40.3 Å². The molecule has 9 heteroatoms. The highest BCUT2D eigenvalue weighted by molar-refractivity contribution is 6.31. The highest BCUT2D eigenvalue weighted by Crippen LogP contribution is 2.46. The first-order valence-corrected chi connectivity index (χ1v) is 10.1. The van der Waals surface area contributed by atoms with Crippen molar-refractivity contribution < 1.29 is 19.4 Å². The fourth-order valence-electron chi connectivity index (χ4n) is 4.10. The molecule has 4 N–H and O–H groups in total. The number of H-pyrrole nitrogens is 1. The van der Waals surface area contributed by atoms with Gasteiger partial charge < -0.3 is 20.6 Å². The molecule has 0 fully saturated rings. The van der Waals surface area contributed by atoms with Crippen molar-refractivity contribution in [3.63, 3.8) is 0 Å². The molecule has 1 aliphatic heterocycles. The molecule has 1 unspecified atom stereocenters. The largest absolute Gasteiger partial charge is 0.412 e. The molecule has 160 valence electrons. The van der Waals surface area contributed by atoms with Crippen LogP contribution in [0.5, 0.6) is 6.01 Å². The number of hydrogen-bond donors (Lipinski definition) is 3. The monoisotopic (exact) mass is 448 g/mol. The van der Waals surface area contributed by atoms with E-state index in [1.807, 2.05) is 6.92 Å². The van der Waals surface area contributed by atoms with E-state index in [-0.39, 0.29) is 11.9 Å². The van der Waals surface area contributed by atoms with E-state index in [9.17, 15) is 14.7 Å². The SMILES string of the molecule is Cc1ccc(Cl)cc1N1C(=O)c2ccccc2C1(O)c1ccc2nc(OC(N)=O)[nH]c2c1. The van der Waals surface area contributed by atoms with Gasteiger partial charge in [0.15, 0.2) is 5.72 Å². The van der Waals surface area contributed by atoms with E-state index >= 15 is 0 Å². The number of carbonyl (C=O) groups is 2. The van der Waals surface area contributed by atoms with Gasteiger partial charge in [0.2, 0.25) is 0 Å². The van der Waals surface area contributed by atoms with Crippen LogP contribution in [0.1, 0.15) is 27.0 Å². The summed E-state index contributed by atoms with van der Waals surface area (Å²) in [5.74, 6) is -0.351. The average molecular weight is 449 g/mol. The van der Waals surface area contributed by atoms with Gasteiger partial charge >= 0.3 is 12.1 Å². The quantitative estimate of drug-likeness (QED) is 0.439. The number of aromatic nitrogens is 2. The molecule has 5 rings (SSSR count). The Hall–Kier alpha value is -3.88. The molecule has 2 heterocycles. The summed E-state index contributed by atoms with van der Waals surface area (Å²) in [5, 5.41) is 12.6. The van der Waals surface area contributed by atoms with Crippen LogP contribution in [-0.2, 0) is 5.72 Å². The summed E-state index contributed by atoms with van der Waals surface area (Å²) in [5.41, 5.74) is 6.74. The normalized spacial score (nSPS) is 17.6. The molecule has 0 saturated heterocycles. The molecule has 8 nitrogen and oxygen atoms in total. The van der Waals surface area contributed by atoms with Crippen LogP contribution in [-0.4, -0.2) is 27.1 Å². The first kappa shape index (κ1) is 20.0. The van der Waals surface area contributed by atoms with Crippen molar-refractivity contribution in [3.05, 3.63) is 87.9 Å². The second-order valence-corrected chi connectivity index (χ2v) is 7.92. The van der Waals surface area contributed by atoms with Crippen molar-refractivity contribution in [3.8, 4) is 6.01 Å². The van der Waals surface area contributed by atoms with Gasteiger partial charge in [-0.1, -0.05) is 41.9 Å². The van der Waals surface area contributed by atoms with Crippen LogP contribution in [0.15, 0.2) is 60.7 Å². The molecule has 0 radical (unpaired) electrons. The van der Waals surface area contributed by atoms with Crippen molar-refractivity contribution in [2.75, 3.05) is 4.90 Å². The molecule has 1 aliphatic rings. The number of aliphatic hydroxyl groups is 1. The fraction of sp³-hybridized carbons (Fsp3) is 0.0870.